The molecular weight excluding hydrogens is 262 g/mol. The van der Waals surface area contributed by atoms with Crippen molar-refractivity contribution in [1.29, 1.82) is 0 Å². The lowest BCUT2D eigenvalue weighted by Gasteiger charge is -2.23. The molecule has 1 saturated carbocycles. The Hall–Kier alpha value is -1.71. The highest BCUT2D eigenvalue weighted by Gasteiger charge is 2.16. The number of hydrogen-bond acceptors (Lipinski definition) is 2. The zero-order chi connectivity index (χ0) is 15.1. The molecule has 1 aromatic carbocycles. The minimum Gasteiger partial charge on any atom is -0.491 e. The molecule has 3 N–H and O–H groups in total. The third-order valence-corrected chi connectivity index (χ3v) is 3.76. The van der Waals surface area contributed by atoms with Gasteiger partial charge in [0.25, 0.3) is 0 Å². The second-order valence-corrected chi connectivity index (χ2v) is 6.01. The van der Waals surface area contributed by atoms with Crippen molar-refractivity contribution >= 4 is 5.96 Å². The highest BCUT2D eigenvalue weighted by atomic mass is 16.5. The van der Waals surface area contributed by atoms with Gasteiger partial charge in [-0.1, -0.05) is 18.6 Å². The molecule has 116 valence electrons. The average Bonchev–Trinajstić information content (AvgIpc) is 2.38. The molecule has 4 heteroatoms. The Kier molecular flexibility index (Phi) is 5.90. The summed E-state index contributed by atoms with van der Waals surface area (Å²) in [6.45, 7) is 5.75. The maximum Gasteiger partial charge on any atom is 0.188 e. The van der Waals surface area contributed by atoms with Gasteiger partial charge in [0.15, 0.2) is 5.96 Å². The fourth-order valence-electron chi connectivity index (χ4n) is 2.30. The molecular formula is C17H27N3O. The number of rotatable bonds is 7. The van der Waals surface area contributed by atoms with Gasteiger partial charge in [-0.2, -0.15) is 0 Å². The van der Waals surface area contributed by atoms with Gasteiger partial charge < -0.3 is 15.8 Å². The summed E-state index contributed by atoms with van der Waals surface area (Å²) in [5.41, 5.74) is 7.13. The van der Waals surface area contributed by atoms with E-state index in [0.29, 0.717) is 5.96 Å². The molecule has 1 aliphatic carbocycles. The first-order chi connectivity index (χ1) is 10.1. The second kappa shape index (κ2) is 7.91. The van der Waals surface area contributed by atoms with Crippen LogP contribution in [0.5, 0.6) is 5.75 Å². The molecule has 1 aliphatic rings. The van der Waals surface area contributed by atoms with Gasteiger partial charge in [0.2, 0.25) is 0 Å². The van der Waals surface area contributed by atoms with Crippen molar-refractivity contribution in [1.82, 2.24) is 5.32 Å². The Morgan fingerprint density at radius 3 is 2.62 bits per heavy atom. The van der Waals surface area contributed by atoms with Crippen LogP contribution in [0.3, 0.4) is 0 Å². The summed E-state index contributed by atoms with van der Waals surface area (Å²) in [5.74, 6) is 2.25. The first kappa shape index (κ1) is 15.7. The molecule has 0 amide bonds. The lowest BCUT2D eigenvalue weighted by Crippen LogP contribution is -2.34. The summed E-state index contributed by atoms with van der Waals surface area (Å²) in [6, 6.07) is 8.23. The fourth-order valence-corrected chi connectivity index (χ4v) is 2.30. The van der Waals surface area contributed by atoms with Gasteiger partial charge >= 0.3 is 0 Å². The summed E-state index contributed by atoms with van der Waals surface area (Å²) >= 11 is 0. The van der Waals surface area contributed by atoms with Crippen molar-refractivity contribution in [3.05, 3.63) is 29.8 Å². The zero-order valence-electron chi connectivity index (χ0n) is 13.1. The van der Waals surface area contributed by atoms with Gasteiger partial charge in [0, 0.05) is 13.1 Å². The maximum atomic E-state index is 5.86. The van der Waals surface area contributed by atoms with Crippen LogP contribution in [-0.2, 0) is 6.42 Å². The number of nitrogens with one attached hydrogen (secondary N) is 1. The van der Waals surface area contributed by atoms with E-state index in [9.17, 15) is 0 Å². The second-order valence-electron chi connectivity index (χ2n) is 6.01. The lowest BCUT2D eigenvalue weighted by atomic mass is 9.86. The fraction of sp³-hybridized carbons (Fsp3) is 0.588. The molecule has 0 spiro atoms. The highest BCUT2D eigenvalue weighted by molar-refractivity contribution is 5.77. The van der Waals surface area contributed by atoms with Crippen LogP contribution < -0.4 is 15.8 Å². The predicted molar refractivity (Wildman–Crippen MR) is 87.7 cm³/mol. The molecule has 0 heterocycles. The van der Waals surface area contributed by atoms with Gasteiger partial charge in [0.1, 0.15) is 5.75 Å². The first-order valence-electron chi connectivity index (χ1n) is 7.93. The maximum absolute atomic E-state index is 5.86. The molecule has 0 radical (unpaired) electrons. The lowest BCUT2D eigenvalue weighted by molar-refractivity contribution is 0.242. The van der Waals surface area contributed by atoms with E-state index >= 15 is 0 Å². The van der Waals surface area contributed by atoms with E-state index in [1.807, 2.05) is 26.0 Å². The molecule has 4 nitrogen and oxygen atoms in total. The Morgan fingerprint density at radius 2 is 2.05 bits per heavy atom. The minimum absolute atomic E-state index is 0.212. The quantitative estimate of drug-likeness (QED) is 0.599. The van der Waals surface area contributed by atoms with Crippen LogP contribution in [0.2, 0.25) is 0 Å². The van der Waals surface area contributed by atoms with Crippen LogP contribution in [0, 0.1) is 5.92 Å². The molecule has 0 atom stereocenters. The smallest absolute Gasteiger partial charge is 0.188 e. The molecule has 0 aliphatic heterocycles. The summed E-state index contributed by atoms with van der Waals surface area (Å²) in [7, 11) is 0. The van der Waals surface area contributed by atoms with E-state index in [0.717, 1.165) is 31.2 Å². The molecule has 1 fully saturated rings. The van der Waals surface area contributed by atoms with Crippen molar-refractivity contribution in [3.8, 4) is 5.75 Å². The summed E-state index contributed by atoms with van der Waals surface area (Å²) in [5, 5.41) is 3.18. The minimum atomic E-state index is 0.212. The third kappa shape index (κ3) is 5.66. The molecule has 0 saturated heterocycles. The molecule has 0 bridgehead atoms. The monoisotopic (exact) mass is 289 g/mol. The average molecular weight is 289 g/mol. The Bertz CT molecular complexity index is 450. The number of nitrogens with zero attached hydrogens (tertiary/aromatic N) is 1. The van der Waals surface area contributed by atoms with E-state index in [2.05, 4.69) is 22.4 Å². The van der Waals surface area contributed by atoms with Crippen LogP contribution in [0.25, 0.3) is 0 Å². The van der Waals surface area contributed by atoms with Gasteiger partial charge in [0.05, 0.1) is 6.10 Å². The van der Waals surface area contributed by atoms with Crippen LogP contribution in [0.1, 0.15) is 38.7 Å². The largest absolute Gasteiger partial charge is 0.491 e. The van der Waals surface area contributed by atoms with Gasteiger partial charge in [-0.15, -0.1) is 0 Å². The topological polar surface area (TPSA) is 59.6 Å². The number of benzene rings is 1. The predicted octanol–water partition coefficient (Wildman–Crippen LogP) is 2.72. The molecule has 0 unspecified atom stereocenters. The molecule has 21 heavy (non-hydrogen) atoms. The summed E-state index contributed by atoms with van der Waals surface area (Å²) in [4.78, 5) is 4.39. The van der Waals surface area contributed by atoms with Crippen molar-refractivity contribution in [2.24, 2.45) is 16.6 Å². The number of hydrogen-bond donors (Lipinski definition) is 2. The molecule has 2 rings (SSSR count). The summed E-state index contributed by atoms with van der Waals surface area (Å²) < 4.78 is 5.63. The Balaban J connectivity index is 1.67. The number of aliphatic imine (C=N–C) groups is 1. The normalized spacial score (nSPS) is 15.9. The molecule has 0 aromatic heterocycles. The Labute approximate surface area is 127 Å². The number of ether oxygens (including phenoxy) is 1. The third-order valence-electron chi connectivity index (χ3n) is 3.76. The Morgan fingerprint density at radius 1 is 1.33 bits per heavy atom. The van der Waals surface area contributed by atoms with Crippen molar-refractivity contribution in [3.63, 3.8) is 0 Å². The van der Waals surface area contributed by atoms with E-state index < -0.39 is 0 Å². The van der Waals surface area contributed by atoms with Gasteiger partial charge in [-0.3, -0.25) is 4.99 Å². The van der Waals surface area contributed by atoms with Crippen molar-refractivity contribution < 1.29 is 4.74 Å². The van der Waals surface area contributed by atoms with E-state index in [1.165, 1.54) is 24.8 Å². The van der Waals surface area contributed by atoms with Crippen molar-refractivity contribution in [2.75, 3.05) is 13.1 Å². The SMILES string of the molecule is CC(C)Oc1ccc(CCNC(N)=NCC2CCC2)cc1. The van der Waals surface area contributed by atoms with Crippen LogP contribution >= 0.6 is 0 Å². The highest BCUT2D eigenvalue weighted by Crippen LogP contribution is 2.26. The van der Waals surface area contributed by atoms with Crippen LogP contribution in [0.15, 0.2) is 29.3 Å². The van der Waals surface area contributed by atoms with Crippen LogP contribution in [-0.4, -0.2) is 25.2 Å². The standard InChI is InChI=1S/C17H27N3O/c1-13(2)21-16-8-6-14(7-9-16)10-11-19-17(18)20-12-15-4-3-5-15/h6-9,13,15H,3-5,10-12H2,1-2H3,(H3,18,19,20). The van der Waals surface area contributed by atoms with Crippen LogP contribution in [0.4, 0.5) is 0 Å². The molecule has 1 aromatic rings. The van der Waals surface area contributed by atoms with Gasteiger partial charge in [-0.05, 0) is 56.7 Å². The van der Waals surface area contributed by atoms with Crippen molar-refractivity contribution in [2.45, 2.75) is 45.6 Å². The number of guanidine groups is 1. The van der Waals surface area contributed by atoms with E-state index in [1.54, 1.807) is 0 Å². The first-order valence-corrected chi connectivity index (χ1v) is 7.93. The number of nitrogens with two attached hydrogens (primary N) is 1. The van der Waals surface area contributed by atoms with E-state index in [-0.39, 0.29) is 6.10 Å². The zero-order valence-corrected chi connectivity index (χ0v) is 13.1. The summed E-state index contributed by atoms with van der Waals surface area (Å²) in [6.07, 6.45) is 5.11. The van der Waals surface area contributed by atoms with Gasteiger partial charge in [-0.25, -0.2) is 0 Å². The van der Waals surface area contributed by atoms with E-state index in [4.69, 9.17) is 10.5 Å².